The first-order valence-electron chi connectivity index (χ1n) is 9.47. The fourth-order valence-electron chi connectivity index (χ4n) is 2.68. The summed E-state index contributed by atoms with van der Waals surface area (Å²) in [6, 6.07) is 8.39. The number of hydrogen-bond donors (Lipinski definition) is 1. The topological polar surface area (TPSA) is 115 Å². The Bertz CT molecular complexity index is 1080. The molecule has 2 aromatic rings. The Labute approximate surface area is 190 Å². The number of imide groups is 1. The molecule has 1 fully saturated rings. The number of halogens is 2. The molecular formula is C21H17F2N3O6S. The Morgan fingerprint density at radius 3 is 2.76 bits per heavy atom. The van der Waals surface area contributed by atoms with Crippen LogP contribution in [0.15, 0.2) is 53.7 Å². The van der Waals surface area contributed by atoms with E-state index in [4.69, 9.17) is 4.74 Å². The standard InChI is InChI=1S/C21H17F2N3O6S/c22-20(23)32-15-5-1-4-14(10-15)19(29)31-12-17(27)25-7-8-26-18(28)16(33-21(26)30)9-13-3-2-6-24-11-13/h1-6,9-11,20H,7-8,12H2,(H,25,27)/b16-9-. The molecule has 0 aliphatic carbocycles. The minimum atomic E-state index is -3.04. The van der Waals surface area contributed by atoms with Crippen LogP contribution in [0.1, 0.15) is 15.9 Å². The van der Waals surface area contributed by atoms with Crippen LogP contribution in [0, 0.1) is 0 Å². The van der Waals surface area contributed by atoms with Crippen LogP contribution in [0.2, 0.25) is 0 Å². The lowest BCUT2D eigenvalue weighted by Crippen LogP contribution is -2.38. The van der Waals surface area contributed by atoms with E-state index in [1.807, 2.05) is 0 Å². The van der Waals surface area contributed by atoms with Crippen molar-refractivity contribution in [2.24, 2.45) is 0 Å². The van der Waals surface area contributed by atoms with Crippen molar-refractivity contribution in [2.45, 2.75) is 6.61 Å². The molecule has 1 aliphatic heterocycles. The molecule has 3 amide bonds. The number of amides is 3. The van der Waals surface area contributed by atoms with Crippen molar-refractivity contribution in [3.05, 3.63) is 64.8 Å². The quantitative estimate of drug-likeness (QED) is 0.433. The molecule has 0 radical (unpaired) electrons. The summed E-state index contributed by atoms with van der Waals surface area (Å²) in [7, 11) is 0. The Hall–Kier alpha value is -3.80. The molecule has 1 aromatic carbocycles. The zero-order chi connectivity index (χ0) is 23.8. The zero-order valence-corrected chi connectivity index (χ0v) is 17.7. The number of alkyl halides is 2. The Morgan fingerprint density at radius 2 is 2.03 bits per heavy atom. The van der Waals surface area contributed by atoms with E-state index in [-0.39, 0.29) is 29.3 Å². The van der Waals surface area contributed by atoms with Gasteiger partial charge >= 0.3 is 12.6 Å². The summed E-state index contributed by atoms with van der Waals surface area (Å²) in [5, 5.41) is 1.96. The second kappa shape index (κ2) is 11.2. The highest BCUT2D eigenvalue weighted by molar-refractivity contribution is 8.18. The normalized spacial score (nSPS) is 14.6. The molecule has 0 atom stereocenters. The van der Waals surface area contributed by atoms with Gasteiger partial charge in [0.05, 0.1) is 10.5 Å². The Balaban J connectivity index is 1.44. The molecule has 0 saturated carbocycles. The molecule has 12 heteroatoms. The first kappa shape index (κ1) is 23.9. The second-order valence-electron chi connectivity index (χ2n) is 6.45. The van der Waals surface area contributed by atoms with E-state index < -0.39 is 36.2 Å². The average Bonchev–Trinajstić information content (AvgIpc) is 3.05. The van der Waals surface area contributed by atoms with Crippen LogP contribution in [0.25, 0.3) is 6.08 Å². The first-order chi connectivity index (χ1) is 15.8. The largest absolute Gasteiger partial charge is 0.452 e. The van der Waals surface area contributed by atoms with Crippen molar-refractivity contribution in [1.82, 2.24) is 15.2 Å². The van der Waals surface area contributed by atoms with Crippen LogP contribution in [0.4, 0.5) is 13.6 Å². The van der Waals surface area contributed by atoms with Gasteiger partial charge < -0.3 is 14.8 Å². The van der Waals surface area contributed by atoms with Gasteiger partial charge in [-0.2, -0.15) is 8.78 Å². The van der Waals surface area contributed by atoms with E-state index in [0.29, 0.717) is 5.56 Å². The van der Waals surface area contributed by atoms with E-state index in [1.54, 1.807) is 30.6 Å². The van der Waals surface area contributed by atoms with Crippen molar-refractivity contribution in [3.63, 3.8) is 0 Å². The summed E-state index contributed by atoms with van der Waals surface area (Å²) in [6.45, 7) is -3.80. The maximum absolute atomic E-state index is 12.4. The molecule has 1 N–H and O–H groups in total. The summed E-state index contributed by atoms with van der Waals surface area (Å²) in [6.07, 6.45) is 4.69. The number of hydrogen-bond acceptors (Lipinski definition) is 8. The minimum Gasteiger partial charge on any atom is -0.452 e. The predicted octanol–water partition coefficient (Wildman–Crippen LogP) is 2.69. The number of ether oxygens (including phenoxy) is 2. The number of esters is 1. The van der Waals surface area contributed by atoms with Crippen molar-refractivity contribution in [2.75, 3.05) is 19.7 Å². The van der Waals surface area contributed by atoms with Gasteiger partial charge in [0, 0.05) is 25.5 Å². The van der Waals surface area contributed by atoms with Gasteiger partial charge in [-0.15, -0.1) is 0 Å². The molecule has 1 saturated heterocycles. The van der Waals surface area contributed by atoms with Crippen LogP contribution in [0.3, 0.4) is 0 Å². The van der Waals surface area contributed by atoms with E-state index in [1.165, 1.54) is 18.2 Å². The molecule has 2 heterocycles. The first-order valence-corrected chi connectivity index (χ1v) is 10.3. The van der Waals surface area contributed by atoms with Gasteiger partial charge in [0.15, 0.2) is 6.61 Å². The predicted molar refractivity (Wildman–Crippen MR) is 113 cm³/mol. The number of benzene rings is 1. The van der Waals surface area contributed by atoms with E-state index in [9.17, 15) is 28.0 Å². The van der Waals surface area contributed by atoms with E-state index in [0.717, 1.165) is 22.7 Å². The van der Waals surface area contributed by atoms with Crippen LogP contribution in [-0.4, -0.2) is 59.2 Å². The molecule has 9 nitrogen and oxygen atoms in total. The number of pyridine rings is 1. The van der Waals surface area contributed by atoms with Crippen molar-refractivity contribution >= 4 is 40.9 Å². The van der Waals surface area contributed by atoms with Crippen LogP contribution >= 0.6 is 11.8 Å². The average molecular weight is 477 g/mol. The fraction of sp³-hybridized carbons (Fsp3) is 0.190. The van der Waals surface area contributed by atoms with E-state index >= 15 is 0 Å². The monoisotopic (exact) mass is 477 g/mol. The lowest BCUT2D eigenvalue weighted by Gasteiger charge is -2.13. The summed E-state index contributed by atoms with van der Waals surface area (Å²) >= 11 is 0.783. The minimum absolute atomic E-state index is 0.0493. The lowest BCUT2D eigenvalue weighted by molar-refractivity contribution is -0.125. The van der Waals surface area contributed by atoms with Gasteiger partial charge in [0.2, 0.25) is 0 Å². The van der Waals surface area contributed by atoms with E-state index in [2.05, 4.69) is 15.0 Å². The fourth-order valence-corrected chi connectivity index (χ4v) is 3.54. The number of nitrogens with zero attached hydrogens (tertiary/aromatic N) is 2. The number of nitrogens with one attached hydrogen (secondary N) is 1. The summed E-state index contributed by atoms with van der Waals surface area (Å²) in [5.41, 5.74) is 0.601. The van der Waals surface area contributed by atoms with Crippen LogP contribution in [0.5, 0.6) is 5.75 Å². The highest BCUT2D eigenvalue weighted by Crippen LogP contribution is 2.31. The van der Waals surface area contributed by atoms with Gasteiger partial charge in [0.1, 0.15) is 5.75 Å². The second-order valence-corrected chi connectivity index (χ2v) is 7.45. The molecule has 3 rings (SSSR count). The summed E-state index contributed by atoms with van der Waals surface area (Å²) in [4.78, 5) is 53.6. The zero-order valence-electron chi connectivity index (χ0n) is 16.9. The highest BCUT2D eigenvalue weighted by atomic mass is 32.2. The molecule has 0 unspecified atom stereocenters. The molecule has 0 spiro atoms. The highest BCUT2D eigenvalue weighted by Gasteiger charge is 2.34. The third-order valence-electron chi connectivity index (χ3n) is 4.14. The molecular weight excluding hydrogens is 460 g/mol. The van der Waals surface area contributed by atoms with Crippen molar-refractivity contribution in [3.8, 4) is 5.75 Å². The third-order valence-corrected chi connectivity index (χ3v) is 5.05. The number of aromatic nitrogens is 1. The van der Waals surface area contributed by atoms with Gasteiger partial charge in [-0.3, -0.25) is 24.3 Å². The Kier molecular flexibility index (Phi) is 8.08. The van der Waals surface area contributed by atoms with Crippen molar-refractivity contribution < 1.29 is 37.4 Å². The van der Waals surface area contributed by atoms with Crippen LogP contribution in [-0.2, 0) is 14.3 Å². The summed E-state index contributed by atoms with van der Waals surface area (Å²) < 4.78 is 33.6. The molecule has 1 aliphatic rings. The number of carbonyl (C=O) groups is 4. The van der Waals surface area contributed by atoms with Crippen LogP contribution < -0.4 is 10.1 Å². The third kappa shape index (κ3) is 6.84. The maximum Gasteiger partial charge on any atom is 0.387 e. The van der Waals surface area contributed by atoms with Gasteiger partial charge in [-0.25, -0.2) is 4.79 Å². The summed E-state index contributed by atoms with van der Waals surface area (Å²) in [5.74, 6) is -2.28. The molecule has 33 heavy (non-hydrogen) atoms. The van der Waals surface area contributed by atoms with Crippen molar-refractivity contribution in [1.29, 1.82) is 0 Å². The molecule has 172 valence electrons. The number of carbonyl (C=O) groups excluding carboxylic acids is 4. The molecule has 0 bridgehead atoms. The SMILES string of the molecule is O=C(COC(=O)c1cccc(OC(F)F)c1)NCCN1C(=O)S/C(=C\c2cccnc2)C1=O. The number of rotatable bonds is 9. The smallest absolute Gasteiger partial charge is 0.387 e. The Morgan fingerprint density at radius 1 is 1.21 bits per heavy atom. The maximum atomic E-state index is 12.4. The number of thioether (sulfide) groups is 1. The lowest BCUT2D eigenvalue weighted by atomic mass is 10.2. The van der Waals surface area contributed by atoms with Gasteiger partial charge in [-0.05, 0) is 47.7 Å². The molecule has 1 aromatic heterocycles. The van der Waals surface area contributed by atoms with Gasteiger partial charge in [0.25, 0.3) is 17.1 Å². The van der Waals surface area contributed by atoms with Gasteiger partial charge in [-0.1, -0.05) is 12.1 Å².